The number of nitrogens with zero attached hydrogens (tertiary/aromatic N) is 2. The maximum absolute atomic E-state index is 9.30. The summed E-state index contributed by atoms with van der Waals surface area (Å²) in [6, 6.07) is 0. The summed E-state index contributed by atoms with van der Waals surface area (Å²) < 4.78 is 5.64. The lowest BCUT2D eigenvalue weighted by Crippen LogP contribution is -2.31. The van der Waals surface area contributed by atoms with Crippen LogP contribution in [0.2, 0.25) is 0 Å². The molecule has 2 N–H and O–H groups in total. The zero-order valence-electron chi connectivity index (χ0n) is 11.0. The van der Waals surface area contributed by atoms with Gasteiger partial charge in [0.2, 0.25) is 5.89 Å². The number of oxazole rings is 1. The predicted octanol–water partition coefficient (Wildman–Crippen LogP) is 0.757. The average Bonchev–Trinajstić information content (AvgIpc) is 2.65. The van der Waals surface area contributed by atoms with Gasteiger partial charge < -0.3 is 14.6 Å². The van der Waals surface area contributed by atoms with E-state index >= 15 is 0 Å². The van der Waals surface area contributed by atoms with Gasteiger partial charge in [0, 0.05) is 12.0 Å². The van der Waals surface area contributed by atoms with Gasteiger partial charge in [-0.05, 0) is 7.05 Å². The molecule has 0 unspecified atom stereocenters. The van der Waals surface area contributed by atoms with Crippen LogP contribution >= 0.6 is 0 Å². The van der Waals surface area contributed by atoms with Crippen LogP contribution < -0.4 is 0 Å². The molecule has 0 saturated carbocycles. The van der Waals surface area contributed by atoms with Crippen LogP contribution in [0.1, 0.15) is 32.4 Å². The molecule has 0 aliphatic carbocycles. The number of aliphatic hydroxyl groups is 2. The first-order valence-corrected chi connectivity index (χ1v) is 5.75. The van der Waals surface area contributed by atoms with Crippen molar-refractivity contribution in [2.24, 2.45) is 0 Å². The van der Waals surface area contributed by atoms with Crippen LogP contribution in [-0.4, -0.2) is 46.4 Å². The predicted molar refractivity (Wildman–Crippen MR) is 64.6 cm³/mol. The van der Waals surface area contributed by atoms with Gasteiger partial charge in [0.05, 0.1) is 25.5 Å². The maximum Gasteiger partial charge on any atom is 0.208 e. The van der Waals surface area contributed by atoms with Crippen molar-refractivity contribution in [2.75, 3.05) is 20.2 Å². The Hall–Kier alpha value is -0.910. The largest absolute Gasteiger partial charge is 0.444 e. The van der Waals surface area contributed by atoms with E-state index in [1.807, 2.05) is 11.9 Å². The zero-order chi connectivity index (χ0) is 13.1. The summed E-state index contributed by atoms with van der Waals surface area (Å²) in [4.78, 5) is 6.06. The third-order valence-corrected chi connectivity index (χ3v) is 2.43. The van der Waals surface area contributed by atoms with E-state index < -0.39 is 6.10 Å². The molecule has 17 heavy (non-hydrogen) atoms. The number of likely N-dealkylation sites (N-methyl/N-ethyl adjacent to an activating group) is 1. The number of hydrogen-bond donors (Lipinski definition) is 2. The monoisotopic (exact) mass is 242 g/mol. The molecule has 0 aliphatic rings. The molecule has 0 spiro atoms. The minimum absolute atomic E-state index is 0.0472. The van der Waals surface area contributed by atoms with Crippen molar-refractivity contribution in [2.45, 2.75) is 38.8 Å². The summed E-state index contributed by atoms with van der Waals surface area (Å²) in [6.07, 6.45) is 1.02. The highest BCUT2D eigenvalue weighted by atomic mass is 16.4. The summed E-state index contributed by atoms with van der Waals surface area (Å²) in [5, 5.41) is 18.0. The molecule has 5 heteroatoms. The fourth-order valence-corrected chi connectivity index (χ4v) is 1.44. The number of aromatic nitrogens is 1. The lowest BCUT2D eigenvalue weighted by Gasteiger charge is -2.17. The first-order chi connectivity index (χ1) is 7.82. The van der Waals surface area contributed by atoms with Crippen LogP contribution in [0.25, 0.3) is 0 Å². The second-order valence-corrected chi connectivity index (χ2v) is 5.40. The topological polar surface area (TPSA) is 69.7 Å². The maximum atomic E-state index is 9.30. The Morgan fingerprint density at radius 2 is 2.12 bits per heavy atom. The minimum atomic E-state index is -0.725. The highest BCUT2D eigenvalue weighted by Crippen LogP contribution is 2.22. The first-order valence-electron chi connectivity index (χ1n) is 5.75. The second-order valence-electron chi connectivity index (χ2n) is 5.40. The summed E-state index contributed by atoms with van der Waals surface area (Å²) in [6.45, 7) is 6.88. The van der Waals surface area contributed by atoms with Gasteiger partial charge in [-0.15, -0.1) is 0 Å². The molecule has 5 nitrogen and oxygen atoms in total. The zero-order valence-corrected chi connectivity index (χ0v) is 11.0. The van der Waals surface area contributed by atoms with Gasteiger partial charge in [0.1, 0.15) is 5.76 Å². The van der Waals surface area contributed by atoms with Crippen molar-refractivity contribution in [3.8, 4) is 0 Å². The molecular weight excluding hydrogens is 220 g/mol. The van der Waals surface area contributed by atoms with Gasteiger partial charge in [0.25, 0.3) is 0 Å². The third-order valence-electron chi connectivity index (χ3n) is 2.43. The Morgan fingerprint density at radius 3 is 2.59 bits per heavy atom. The SMILES string of the molecule is CN(Cc1ncc(C(C)(C)C)o1)C[C@H](O)CO. The Morgan fingerprint density at radius 1 is 1.47 bits per heavy atom. The van der Waals surface area contributed by atoms with Gasteiger partial charge in [0.15, 0.2) is 0 Å². The molecule has 1 heterocycles. The van der Waals surface area contributed by atoms with E-state index in [1.54, 1.807) is 6.20 Å². The van der Waals surface area contributed by atoms with Gasteiger partial charge in [-0.2, -0.15) is 0 Å². The highest BCUT2D eigenvalue weighted by molar-refractivity contribution is 5.05. The lowest BCUT2D eigenvalue weighted by molar-refractivity contribution is 0.0625. The molecule has 1 aromatic rings. The molecule has 0 radical (unpaired) electrons. The normalized spacial score (nSPS) is 14.3. The van der Waals surface area contributed by atoms with Crippen molar-refractivity contribution in [1.29, 1.82) is 0 Å². The van der Waals surface area contributed by atoms with E-state index in [0.717, 1.165) is 5.76 Å². The van der Waals surface area contributed by atoms with E-state index in [9.17, 15) is 5.11 Å². The summed E-state index contributed by atoms with van der Waals surface area (Å²) in [5.41, 5.74) is -0.0472. The molecule has 0 fully saturated rings. The Labute approximate surface area is 102 Å². The molecular formula is C12H22N2O3. The van der Waals surface area contributed by atoms with Gasteiger partial charge in [-0.25, -0.2) is 4.98 Å². The smallest absolute Gasteiger partial charge is 0.208 e. The van der Waals surface area contributed by atoms with E-state index in [0.29, 0.717) is 19.0 Å². The molecule has 1 aromatic heterocycles. The molecule has 1 atom stereocenters. The van der Waals surface area contributed by atoms with Gasteiger partial charge in [-0.1, -0.05) is 20.8 Å². The second kappa shape index (κ2) is 5.62. The fraction of sp³-hybridized carbons (Fsp3) is 0.750. The minimum Gasteiger partial charge on any atom is -0.444 e. The molecule has 0 bridgehead atoms. The van der Waals surface area contributed by atoms with Crippen LogP contribution in [-0.2, 0) is 12.0 Å². The van der Waals surface area contributed by atoms with E-state index in [-0.39, 0.29) is 12.0 Å². The van der Waals surface area contributed by atoms with Crippen molar-refractivity contribution in [3.05, 3.63) is 17.8 Å². The molecule has 0 aromatic carbocycles. The van der Waals surface area contributed by atoms with Crippen molar-refractivity contribution in [1.82, 2.24) is 9.88 Å². The summed E-state index contributed by atoms with van der Waals surface area (Å²) in [5.74, 6) is 1.48. The van der Waals surface area contributed by atoms with Crippen LogP contribution in [0.15, 0.2) is 10.6 Å². The van der Waals surface area contributed by atoms with Crippen LogP contribution in [0.3, 0.4) is 0 Å². The van der Waals surface area contributed by atoms with Gasteiger partial charge in [-0.3, -0.25) is 4.90 Å². The van der Waals surface area contributed by atoms with Crippen molar-refractivity contribution in [3.63, 3.8) is 0 Å². The average molecular weight is 242 g/mol. The highest BCUT2D eigenvalue weighted by Gasteiger charge is 2.19. The molecule has 0 saturated heterocycles. The van der Waals surface area contributed by atoms with Crippen molar-refractivity contribution >= 4 is 0 Å². The van der Waals surface area contributed by atoms with Crippen molar-refractivity contribution < 1.29 is 14.6 Å². The van der Waals surface area contributed by atoms with Gasteiger partial charge >= 0.3 is 0 Å². The molecule has 0 aliphatic heterocycles. The lowest BCUT2D eigenvalue weighted by atomic mass is 9.94. The first kappa shape index (κ1) is 14.2. The third kappa shape index (κ3) is 4.46. The molecule has 1 rings (SSSR count). The Bertz CT molecular complexity index is 344. The molecule has 0 amide bonds. The Balaban J connectivity index is 2.55. The van der Waals surface area contributed by atoms with Crippen LogP contribution in [0.4, 0.5) is 0 Å². The standard InChI is InChI=1S/C12H22N2O3/c1-12(2,3)10-5-13-11(17-10)7-14(4)6-9(16)8-15/h5,9,15-16H,6-8H2,1-4H3/t9-/m0/s1. The van der Waals surface area contributed by atoms with Crippen LogP contribution in [0, 0.1) is 0 Å². The number of hydrogen-bond acceptors (Lipinski definition) is 5. The molecule has 98 valence electrons. The number of rotatable bonds is 5. The quantitative estimate of drug-likeness (QED) is 0.797. The summed E-state index contributed by atoms with van der Waals surface area (Å²) in [7, 11) is 1.85. The Kier molecular flexibility index (Phi) is 4.68. The number of aliphatic hydroxyl groups excluding tert-OH is 2. The summed E-state index contributed by atoms with van der Waals surface area (Å²) >= 11 is 0. The van der Waals surface area contributed by atoms with E-state index in [4.69, 9.17) is 9.52 Å². The van der Waals surface area contributed by atoms with E-state index in [1.165, 1.54) is 0 Å². The van der Waals surface area contributed by atoms with Crippen LogP contribution in [0.5, 0.6) is 0 Å². The fourth-order valence-electron chi connectivity index (χ4n) is 1.44. The van der Waals surface area contributed by atoms with E-state index in [2.05, 4.69) is 25.8 Å².